The number of aryl methyl sites for hydroxylation is 1. The number of benzene rings is 1. The lowest BCUT2D eigenvalue weighted by molar-refractivity contribution is -0.149. The van der Waals surface area contributed by atoms with Gasteiger partial charge in [0.2, 0.25) is 5.91 Å². The first-order valence-electron chi connectivity index (χ1n) is 8.63. The zero-order chi connectivity index (χ0) is 18.7. The Bertz CT molecular complexity index is 793. The fourth-order valence-corrected chi connectivity index (χ4v) is 3.70. The molecule has 0 aliphatic carbocycles. The number of amides is 1. The standard InChI is InChI=1S/C19H22BrN3O3/c1-13-3-5-14(6-4-13)18-16(20)11-23(21-18)12-17(24)22-9-7-15(8-10-22)19(25)26-2/h3-6,11,15H,7-10,12H2,1-2H3. The first-order valence-corrected chi connectivity index (χ1v) is 9.43. The zero-order valence-corrected chi connectivity index (χ0v) is 16.5. The molecule has 26 heavy (non-hydrogen) atoms. The van der Waals surface area contributed by atoms with E-state index in [-0.39, 0.29) is 24.3 Å². The van der Waals surface area contributed by atoms with E-state index in [1.807, 2.05) is 37.4 Å². The largest absolute Gasteiger partial charge is 0.469 e. The molecule has 0 saturated carbocycles. The number of methoxy groups -OCH3 is 1. The van der Waals surface area contributed by atoms with E-state index < -0.39 is 0 Å². The minimum Gasteiger partial charge on any atom is -0.469 e. The minimum absolute atomic E-state index is 0.0128. The van der Waals surface area contributed by atoms with Crippen LogP contribution in [0.25, 0.3) is 11.3 Å². The van der Waals surface area contributed by atoms with Crippen molar-refractivity contribution in [1.29, 1.82) is 0 Å². The van der Waals surface area contributed by atoms with Crippen LogP contribution in [0.15, 0.2) is 34.9 Å². The Kier molecular flexibility index (Phi) is 5.76. The lowest BCUT2D eigenvalue weighted by Crippen LogP contribution is -2.42. The summed E-state index contributed by atoms with van der Waals surface area (Å²) >= 11 is 3.53. The Balaban J connectivity index is 1.63. The summed E-state index contributed by atoms with van der Waals surface area (Å²) < 4.78 is 7.31. The average molecular weight is 420 g/mol. The topological polar surface area (TPSA) is 64.4 Å². The molecule has 1 saturated heterocycles. The highest BCUT2D eigenvalue weighted by Gasteiger charge is 2.28. The Labute approximate surface area is 161 Å². The molecule has 0 spiro atoms. The van der Waals surface area contributed by atoms with E-state index in [1.165, 1.54) is 12.7 Å². The van der Waals surface area contributed by atoms with Gasteiger partial charge in [-0.15, -0.1) is 0 Å². The normalized spacial score (nSPS) is 15.1. The first kappa shape index (κ1) is 18.6. The SMILES string of the molecule is COC(=O)C1CCN(C(=O)Cn2cc(Br)c(-c3ccc(C)cc3)n2)CC1. The predicted octanol–water partition coefficient (Wildman–Crippen LogP) is 3.03. The van der Waals surface area contributed by atoms with Gasteiger partial charge in [-0.3, -0.25) is 14.3 Å². The summed E-state index contributed by atoms with van der Waals surface area (Å²) in [6.45, 7) is 3.38. The lowest BCUT2D eigenvalue weighted by Gasteiger charge is -2.30. The molecule has 3 rings (SSSR count). The molecule has 1 aliphatic heterocycles. The number of ether oxygens (including phenoxy) is 1. The minimum atomic E-state index is -0.184. The van der Waals surface area contributed by atoms with E-state index >= 15 is 0 Å². The molecule has 6 nitrogen and oxygen atoms in total. The third kappa shape index (κ3) is 4.15. The van der Waals surface area contributed by atoms with Gasteiger partial charge in [-0.05, 0) is 35.7 Å². The van der Waals surface area contributed by atoms with Gasteiger partial charge in [0.05, 0.1) is 17.5 Å². The molecular formula is C19H22BrN3O3. The van der Waals surface area contributed by atoms with Crippen LogP contribution in [-0.4, -0.2) is 46.8 Å². The lowest BCUT2D eigenvalue weighted by atomic mass is 9.97. The fourth-order valence-electron chi connectivity index (χ4n) is 3.15. The molecule has 1 fully saturated rings. The van der Waals surface area contributed by atoms with Crippen molar-refractivity contribution in [3.63, 3.8) is 0 Å². The van der Waals surface area contributed by atoms with Crippen molar-refractivity contribution in [3.8, 4) is 11.3 Å². The number of carbonyl (C=O) groups excluding carboxylic acids is 2. The number of piperidine rings is 1. The summed E-state index contributed by atoms with van der Waals surface area (Å²) in [5, 5.41) is 4.55. The van der Waals surface area contributed by atoms with Crippen molar-refractivity contribution in [1.82, 2.24) is 14.7 Å². The van der Waals surface area contributed by atoms with Crippen molar-refractivity contribution >= 4 is 27.8 Å². The highest BCUT2D eigenvalue weighted by molar-refractivity contribution is 9.10. The summed E-state index contributed by atoms with van der Waals surface area (Å²) in [5.41, 5.74) is 3.02. The molecule has 0 bridgehead atoms. The summed E-state index contributed by atoms with van der Waals surface area (Å²) in [7, 11) is 1.40. The van der Waals surface area contributed by atoms with E-state index in [1.54, 1.807) is 9.58 Å². The Morgan fingerprint density at radius 2 is 1.88 bits per heavy atom. The molecular weight excluding hydrogens is 398 g/mol. The zero-order valence-electron chi connectivity index (χ0n) is 14.9. The maximum absolute atomic E-state index is 12.5. The van der Waals surface area contributed by atoms with Crippen molar-refractivity contribution in [3.05, 3.63) is 40.5 Å². The molecule has 0 radical (unpaired) electrons. The second kappa shape index (κ2) is 8.03. The van der Waals surface area contributed by atoms with E-state index in [2.05, 4.69) is 21.0 Å². The molecule has 1 aromatic carbocycles. The van der Waals surface area contributed by atoms with E-state index in [0.717, 1.165) is 15.7 Å². The smallest absolute Gasteiger partial charge is 0.308 e. The number of nitrogens with zero attached hydrogens (tertiary/aromatic N) is 3. The van der Waals surface area contributed by atoms with Gasteiger partial charge in [-0.2, -0.15) is 5.10 Å². The summed E-state index contributed by atoms with van der Waals surface area (Å²) in [4.78, 5) is 25.9. The van der Waals surface area contributed by atoms with Crippen LogP contribution in [0.2, 0.25) is 0 Å². The van der Waals surface area contributed by atoms with E-state index in [0.29, 0.717) is 25.9 Å². The van der Waals surface area contributed by atoms with Crippen LogP contribution in [0.1, 0.15) is 18.4 Å². The second-order valence-corrected chi connectivity index (χ2v) is 7.42. The summed E-state index contributed by atoms with van der Waals surface area (Å²) in [5.74, 6) is -0.273. The van der Waals surface area contributed by atoms with E-state index in [4.69, 9.17) is 4.74 Å². The molecule has 2 heterocycles. The third-order valence-electron chi connectivity index (χ3n) is 4.72. The summed E-state index contributed by atoms with van der Waals surface area (Å²) in [6.07, 6.45) is 3.12. The first-order chi connectivity index (χ1) is 12.5. The van der Waals surface area contributed by atoms with Crippen LogP contribution in [0.4, 0.5) is 0 Å². The number of rotatable bonds is 4. The number of carbonyl (C=O) groups is 2. The number of likely N-dealkylation sites (tertiary alicyclic amines) is 1. The summed E-state index contributed by atoms with van der Waals surface area (Å²) in [6, 6.07) is 8.12. The number of hydrogen-bond acceptors (Lipinski definition) is 4. The van der Waals surface area contributed by atoms with Gasteiger partial charge in [0.25, 0.3) is 0 Å². The van der Waals surface area contributed by atoms with Gasteiger partial charge in [-0.25, -0.2) is 0 Å². The molecule has 0 atom stereocenters. The molecule has 0 N–H and O–H groups in total. The number of aromatic nitrogens is 2. The second-order valence-electron chi connectivity index (χ2n) is 6.57. The van der Waals surface area contributed by atoms with Crippen LogP contribution in [0.5, 0.6) is 0 Å². The number of hydrogen-bond donors (Lipinski definition) is 0. The highest BCUT2D eigenvalue weighted by Crippen LogP contribution is 2.27. The third-order valence-corrected chi connectivity index (χ3v) is 5.30. The Morgan fingerprint density at radius 3 is 2.50 bits per heavy atom. The van der Waals surface area contributed by atoms with Gasteiger partial charge in [0.1, 0.15) is 12.2 Å². The molecule has 7 heteroatoms. The molecule has 1 aliphatic rings. The molecule has 1 aromatic heterocycles. The number of halogens is 1. The maximum atomic E-state index is 12.5. The van der Waals surface area contributed by atoms with Gasteiger partial charge in [-0.1, -0.05) is 29.8 Å². The van der Waals surface area contributed by atoms with Crippen molar-refractivity contribution in [2.75, 3.05) is 20.2 Å². The van der Waals surface area contributed by atoms with Crippen LogP contribution in [-0.2, 0) is 20.9 Å². The highest BCUT2D eigenvalue weighted by atomic mass is 79.9. The predicted molar refractivity (Wildman–Crippen MR) is 101 cm³/mol. The Morgan fingerprint density at radius 1 is 1.23 bits per heavy atom. The van der Waals surface area contributed by atoms with Gasteiger partial charge < -0.3 is 9.64 Å². The van der Waals surface area contributed by atoms with Gasteiger partial charge in [0, 0.05) is 24.8 Å². The van der Waals surface area contributed by atoms with Crippen LogP contribution in [0.3, 0.4) is 0 Å². The molecule has 138 valence electrons. The number of esters is 1. The molecule has 2 aromatic rings. The van der Waals surface area contributed by atoms with Crippen LogP contribution < -0.4 is 0 Å². The van der Waals surface area contributed by atoms with Crippen LogP contribution >= 0.6 is 15.9 Å². The van der Waals surface area contributed by atoms with Gasteiger partial charge in [0.15, 0.2) is 0 Å². The molecule has 1 amide bonds. The maximum Gasteiger partial charge on any atom is 0.308 e. The Hall–Kier alpha value is -2.15. The van der Waals surface area contributed by atoms with E-state index in [9.17, 15) is 9.59 Å². The fraction of sp³-hybridized carbons (Fsp3) is 0.421. The van der Waals surface area contributed by atoms with Crippen LogP contribution in [0, 0.1) is 12.8 Å². The van der Waals surface area contributed by atoms with Crippen molar-refractivity contribution < 1.29 is 14.3 Å². The monoisotopic (exact) mass is 419 g/mol. The quantitative estimate of drug-likeness (QED) is 0.714. The van der Waals surface area contributed by atoms with Crippen molar-refractivity contribution in [2.45, 2.75) is 26.3 Å². The van der Waals surface area contributed by atoms with Crippen molar-refractivity contribution in [2.24, 2.45) is 5.92 Å². The average Bonchev–Trinajstić information content (AvgIpc) is 3.02. The van der Waals surface area contributed by atoms with Gasteiger partial charge >= 0.3 is 5.97 Å². The molecule has 0 unspecified atom stereocenters.